The highest BCUT2D eigenvalue weighted by Gasteiger charge is 2.30. The van der Waals surface area contributed by atoms with Gasteiger partial charge in [0.05, 0.1) is 12.1 Å². The van der Waals surface area contributed by atoms with Gasteiger partial charge in [0, 0.05) is 6.42 Å². The van der Waals surface area contributed by atoms with Crippen LogP contribution >= 0.6 is 11.8 Å². The average molecular weight is 381 g/mol. The number of nitrogens with two attached hydrogens (primary N) is 1. The van der Waals surface area contributed by atoms with Gasteiger partial charge in [-0.2, -0.15) is 23.4 Å². The Balaban J connectivity index is 2.09. The lowest BCUT2D eigenvalue weighted by molar-refractivity contribution is -0.137. The molecule has 0 amide bonds. The molecule has 0 unspecified atom stereocenters. The van der Waals surface area contributed by atoms with Gasteiger partial charge in [0.25, 0.3) is 0 Å². The second-order valence-electron chi connectivity index (χ2n) is 5.19. The molecule has 1 aromatic carbocycles. The van der Waals surface area contributed by atoms with E-state index in [1.54, 1.807) is 6.26 Å². The van der Waals surface area contributed by atoms with Crippen molar-refractivity contribution in [2.75, 3.05) is 23.9 Å². The van der Waals surface area contributed by atoms with Crippen LogP contribution in [0.3, 0.4) is 0 Å². The Morgan fingerprint density at radius 2 is 2.12 bits per heavy atom. The number of Topliss-reactive ketones (excluding diaryl/α,β-unsaturated/α-hetero) is 1. The minimum atomic E-state index is -4.47. The molecule has 3 N–H and O–H groups in total. The van der Waals surface area contributed by atoms with Crippen LogP contribution in [0.15, 0.2) is 29.3 Å². The molecule has 0 aliphatic heterocycles. The van der Waals surface area contributed by atoms with Gasteiger partial charge in [0.2, 0.25) is 5.95 Å². The van der Waals surface area contributed by atoms with Crippen LogP contribution < -0.4 is 11.1 Å². The number of nitrogen functional groups attached to an aromatic ring is 1. The number of aromatic nitrogens is 2. The first kappa shape index (κ1) is 19.5. The van der Waals surface area contributed by atoms with Crippen molar-refractivity contribution in [1.82, 2.24) is 9.97 Å². The van der Waals surface area contributed by atoms with Gasteiger partial charge in [-0.15, -0.1) is 11.8 Å². The van der Waals surface area contributed by atoms with Crippen LogP contribution in [-0.2, 0) is 17.4 Å². The Kier molecular flexibility index (Phi) is 6.05. The van der Waals surface area contributed by atoms with E-state index in [-0.39, 0.29) is 41.6 Å². The predicted molar refractivity (Wildman–Crippen MR) is 91.6 cm³/mol. The molecule has 10 heteroatoms. The summed E-state index contributed by atoms with van der Waals surface area (Å²) in [6.07, 6.45) is -2.94. The highest BCUT2D eigenvalue weighted by atomic mass is 32.2. The van der Waals surface area contributed by atoms with Crippen LogP contribution in [0.5, 0.6) is 0 Å². The third-order valence-corrected chi connectivity index (χ3v) is 3.99. The van der Waals surface area contributed by atoms with Gasteiger partial charge in [0.15, 0.2) is 11.6 Å². The lowest BCUT2D eigenvalue weighted by Gasteiger charge is -2.10. The molecule has 0 saturated carbocycles. The van der Waals surface area contributed by atoms with Gasteiger partial charge in [0.1, 0.15) is 16.7 Å². The number of hydrogen-bond donors (Lipinski definition) is 2. The molecule has 0 aliphatic carbocycles. The minimum Gasteiger partial charge on any atom is -0.368 e. The zero-order chi connectivity index (χ0) is 19.3. The summed E-state index contributed by atoms with van der Waals surface area (Å²) in [4.78, 5) is 19.9. The maximum absolute atomic E-state index is 12.7. The van der Waals surface area contributed by atoms with Gasteiger partial charge in [-0.05, 0) is 17.9 Å². The summed E-state index contributed by atoms with van der Waals surface area (Å²) in [6.45, 7) is -0.213. The molecule has 2 aromatic rings. The summed E-state index contributed by atoms with van der Waals surface area (Å²) in [5, 5.41) is 12.3. The van der Waals surface area contributed by atoms with Crippen LogP contribution in [0.4, 0.5) is 24.9 Å². The standard InChI is InChI=1S/C16H14F3N5OS/c1-26-14-12(7-20)13(23-15(21)24-14)22-8-11(25)6-9-3-2-4-10(5-9)16(17,18)19/h2-5H,6,8H2,1H3,(H3,21,22,23,24). The first-order valence-corrected chi connectivity index (χ1v) is 8.50. The molecular weight excluding hydrogens is 367 g/mol. The average Bonchev–Trinajstić information content (AvgIpc) is 2.58. The molecule has 0 spiro atoms. The number of nitrogens with zero attached hydrogens (tertiary/aromatic N) is 3. The van der Waals surface area contributed by atoms with Gasteiger partial charge < -0.3 is 11.1 Å². The van der Waals surface area contributed by atoms with Gasteiger partial charge >= 0.3 is 6.18 Å². The lowest BCUT2D eigenvalue weighted by atomic mass is 10.1. The molecule has 0 radical (unpaired) electrons. The maximum Gasteiger partial charge on any atom is 0.416 e. The number of carbonyl (C=O) groups excluding carboxylic acids is 1. The number of ketones is 1. The van der Waals surface area contributed by atoms with Crippen molar-refractivity contribution in [2.24, 2.45) is 0 Å². The SMILES string of the molecule is CSc1nc(N)nc(NCC(=O)Cc2cccc(C(F)(F)F)c2)c1C#N. The summed E-state index contributed by atoms with van der Waals surface area (Å²) < 4.78 is 38.1. The van der Waals surface area contributed by atoms with E-state index in [1.807, 2.05) is 6.07 Å². The Hall–Kier alpha value is -2.80. The van der Waals surface area contributed by atoms with Crippen LogP contribution in [0.1, 0.15) is 16.7 Å². The van der Waals surface area contributed by atoms with E-state index in [1.165, 1.54) is 23.9 Å². The molecule has 0 aliphatic rings. The van der Waals surface area contributed by atoms with Crippen molar-refractivity contribution >= 4 is 29.3 Å². The van der Waals surface area contributed by atoms with Crippen molar-refractivity contribution in [3.05, 3.63) is 41.0 Å². The Labute approximate surface area is 151 Å². The predicted octanol–water partition coefficient (Wildman–Crippen LogP) is 2.89. The second-order valence-corrected chi connectivity index (χ2v) is 5.99. The summed E-state index contributed by atoms with van der Waals surface area (Å²) in [6, 6.07) is 6.52. The van der Waals surface area contributed by atoms with E-state index < -0.39 is 11.7 Å². The number of anilines is 2. The van der Waals surface area contributed by atoms with Gasteiger partial charge in [-0.25, -0.2) is 4.98 Å². The summed E-state index contributed by atoms with van der Waals surface area (Å²) in [7, 11) is 0. The molecule has 26 heavy (non-hydrogen) atoms. The number of rotatable bonds is 6. The Morgan fingerprint density at radius 1 is 1.38 bits per heavy atom. The fourth-order valence-electron chi connectivity index (χ4n) is 2.16. The smallest absolute Gasteiger partial charge is 0.368 e. The van der Waals surface area contributed by atoms with E-state index >= 15 is 0 Å². The number of nitriles is 1. The first-order chi connectivity index (χ1) is 12.2. The highest BCUT2D eigenvalue weighted by Crippen LogP contribution is 2.29. The molecule has 6 nitrogen and oxygen atoms in total. The highest BCUT2D eigenvalue weighted by molar-refractivity contribution is 7.98. The molecular formula is C16H14F3N5OS. The van der Waals surface area contributed by atoms with Crippen LogP contribution in [0.2, 0.25) is 0 Å². The van der Waals surface area contributed by atoms with Crippen LogP contribution in [0, 0.1) is 11.3 Å². The number of nitrogens with one attached hydrogen (secondary N) is 1. The van der Waals surface area contributed by atoms with Crippen molar-refractivity contribution in [3.8, 4) is 6.07 Å². The topological polar surface area (TPSA) is 105 Å². The molecule has 1 aromatic heterocycles. The normalized spacial score (nSPS) is 11.0. The monoisotopic (exact) mass is 381 g/mol. The van der Waals surface area contributed by atoms with E-state index in [4.69, 9.17) is 5.73 Å². The molecule has 0 atom stereocenters. The number of alkyl halides is 3. The van der Waals surface area contributed by atoms with E-state index in [0.29, 0.717) is 5.03 Å². The van der Waals surface area contributed by atoms with E-state index in [0.717, 1.165) is 12.1 Å². The molecule has 0 fully saturated rings. The first-order valence-electron chi connectivity index (χ1n) is 7.28. The number of hydrogen-bond acceptors (Lipinski definition) is 7. The number of benzene rings is 1. The number of thioether (sulfide) groups is 1. The fourth-order valence-corrected chi connectivity index (χ4v) is 2.69. The molecule has 0 bridgehead atoms. The zero-order valence-corrected chi connectivity index (χ0v) is 14.4. The number of carbonyl (C=O) groups is 1. The number of halogens is 3. The lowest BCUT2D eigenvalue weighted by Crippen LogP contribution is -2.18. The fraction of sp³-hybridized carbons (Fsp3) is 0.250. The summed E-state index contributed by atoms with van der Waals surface area (Å²) in [5.41, 5.74) is 5.16. The largest absolute Gasteiger partial charge is 0.416 e. The Bertz CT molecular complexity index is 864. The van der Waals surface area contributed by atoms with Crippen molar-refractivity contribution < 1.29 is 18.0 Å². The van der Waals surface area contributed by atoms with Crippen LogP contribution in [-0.4, -0.2) is 28.6 Å². The second kappa shape index (κ2) is 8.05. The summed E-state index contributed by atoms with van der Waals surface area (Å²) >= 11 is 1.20. The van der Waals surface area contributed by atoms with Crippen molar-refractivity contribution in [1.29, 1.82) is 5.26 Å². The minimum absolute atomic E-state index is 0.0545. The molecule has 136 valence electrons. The Morgan fingerprint density at radius 3 is 2.73 bits per heavy atom. The maximum atomic E-state index is 12.7. The molecule has 0 saturated heterocycles. The summed E-state index contributed by atoms with van der Waals surface area (Å²) in [5.74, 6) is -0.306. The van der Waals surface area contributed by atoms with Crippen molar-refractivity contribution in [2.45, 2.75) is 17.6 Å². The van der Waals surface area contributed by atoms with Crippen molar-refractivity contribution in [3.63, 3.8) is 0 Å². The van der Waals surface area contributed by atoms with Crippen LogP contribution in [0.25, 0.3) is 0 Å². The van der Waals surface area contributed by atoms with Gasteiger partial charge in [-0.1, -0.05) is 18.2 Å². The third-order valence-electron chi connectivity index (χ3n) is 3.31. The van der Waals surface area contributed by atoms with E-state index in [2.05, 4.69) is 15.3 Å². The zero-order valence-electron chi connectivity index (χ0n) is 13.6. The van der Waals surface area contributed by atoms with Gasteiger partial charge in [-0.3, -0.25) is 4.79 Å². The quantitative estimate of drug-likeness (QED) is 0.585. The molecule has 1 heterocycles. The molecule has 2 rings (SSSR count). The third kappa shape index (κ3) is 4.86. The van der Waals surface area contributed by atoms with E-state index in [9.17, 15) is 23.2 Å².